The van der Waals surface area contributed by atoms with E-state index in [1.807, 2.05) is 0 Å². The highest BCUT2D eigenvalue weighted by molar-refractivity contribution is 7.33. The molecule has 0 saturated heterocycles. The first kappa shape index (κ1) is 18.5. The lowest BCUT2D eigenvalue weighted by molar-refractivity contribution is 0.0555. The Balaban J connectivity index is 1.78. The molecule has 3 nitrogen and oxygen atoms in total. The highest BCUT2D eigenvalue weighted by Crippen LogP contribution is 2.46. The Morgan fingerprint density at radius 1 is 1.19 bits per heavy atom. The van der Waals surface area contributed by atoms with Gasteiger partial charge in [-0.2, -0.15) is 8.78 Å². The van der Waals surface area contributed by atoms with Gasteiger partial charge in [0.1, 0.15) is 17.2 Å². The van der Waals surface area contributed by atoms with Crippen molar-refractivity contribution >= 4 is 36.2 Å². The molecule has 1 aromatic heterocycles. The average Bonchev–Trinajstić information content (AvgIpc) is 3.09. The van der Waals surface area contributed by atoms with E-state index >= 15 is 0 Å². The maximum atomic E-state index is 14.5. The lowest BCUT2D eigenvalue weighted by atomic mass is 10.1. The van der Waals surface area contributed by atoms with E-state index < -0.39 is 20.4 Å². The molecule has 1 atom stereocenters. The molecule has 0 saturated carbocycles. The van der Waals surface area contributed by atoms with E-state index in [1.54, 1.807) is 42.5 Å². The molecule has 1 heterocycles. The van der Waals surface area contributed by atoms with E-state index in [2.05, 4.69) is 6.58 Å². The first-order chi connectivity index (χ1) is 12.5. The first-order valence-electron chi connectivity index (χ1n) is 7.68. The van der Waals surface area contributed by atoms with Gasteiger partial charge in [-0.1, -0.05) is 36.9 Å². The molecular weight excluding hydrogens is 377 g/mol. The zero-order valence-corrected chi connectivity index (χ0v) is 15.4. The SMILES string of the molecule is C=CCOC(=O)c1cc2cc(C(F)(F)POc3ccccc3)ccc2s1. The first-order valence-corrected chi connectivity index (χ1v) is 9.41. The number of halogens is 2. The van der Waals surface area contributed by atoms with Crippen LogP contribution < -0.4 is 4.52 Å². The number of fused-ring (bicyclic) bond motifs is 1. The zero-order chi connectivity index (χ0) is 18.6. The minimum absolute atomic E-state index is 0.106. The summed E-state index contributed by atoms with van der Waals surface area (Å²) < 4.78 is 39.9. The van der Waals surface area contributed by atoms with Crippen LogP contribution in [0.5, 0.6) is 5.75 Å². The lowest BCUT2D eigenvalue weighted by Gasteiger charge is -2.17. The summed E-state index contributed by atoms with van der Waals surface area (Å²) in [7, 11) is -1.05. The topological polar surface area (TPSA) is 35.5 Å². The maximum absolute atomic E-state index is 14.5. The zero-order valence-electron chi connectivity index (χ0n) is 13.6. The van der Waals surface area contributed by atoms with Crippen LogP contribution in [-0.4, -0.2) is 12.6 Å². The lowest BCUT2D eigenvalue weighted by Crippen LogP contribution is -2.07. The van der Waals surface area contributed by atoms with Gasteiger partial charge in [0.25, 0.3) is 0 Å². The second-order valence-corrected chi connectivity index (χ2v) is 7.46. The van der Waals surface area contributed by atoms with Gasteiger partial charge in [-0.25, -0.2) is 4.79 Å². The van der Waals surface area contributed by atoms with Crippen LogP contribution in [0.2, 0.25) is 0 Å². The standard InChI is InChI=1S/C19H15F2O3PS/c1-2-10-23-18(22)17-12-13-11-14(8-9-16(13)26-17)19(20,21)25-24-15-6-4-3-5-7-15/h2-9,11-12,25H,1,10H2. The van der Waals surface area contributed by atoms with E-state index in [9.17, 15) is 13.6 Å². The van der Waals surface area contributed by atoms with Crippen molar-refractivity contribution in [3.05, 3.63) is 77.7 Å². The molecule has 7 heteroatoms. The number of ether oxygens (including phenoxy) is 1. The third-order valence-electron chi connectivity index (χ3n) is 3.45. The molecule has 1 unspecified atom stereocenters. The van der Waals surface area contributed by atoms with Crippen molar-refractivity contribution in [1.82, 2.24) is 0 Å². The molecule has 3 aromatic rings. The Kier molecular flexibility index (Phi) is 5.64. The normalized spacial score (nSPS) is 11.8. The van der Waals surface area contributed by atoms with E-state index in [0.29, 0.717) is 16.0 Å². The fourth-order valence-corrected chi connectivity index (χ4v) is 3.81. The van der Waals surface area contributed by atoms with Gasteiger partial charge in [0, 0.05) is 10.3 Å². The van der Waals surface area contributed by atoms with Gasteiger partial charge in [0.15, 0.2) is 8.81 Å². The quantitative estimate of drug-likeness (QED) is 0.282. The average molecular weight is 392 g/mol. The van der Waals surface area contributed by atoms with Gasteiger partial charge in [-0.15, -0.1) is 11.3 Å². The Morgan fingerprint density at radius 2 is 1.96 bits per heavy atom. The summed E-state index contributed by atoms with van der Waals surface area (Å²) in [4.78, 5) is 12.3. The summed E-state index contributed by atoms with van der Waals surface area (Å²) >= 11 is 1.20. The largest absolute Gasteiger partial charge is 0.471 e. The minimum Gasteiger partial charge on any atom is -0.471 e. The molecular formula is C19H15F2O3PS. The van der Waals surface area contributed by atoms with Gasteiger partial charge in [-0.05, 0) is 35.7 Å². The van der Waals surface area contributed by atoms with Crippen molar-refractivity contribution in [2.24, 2.45) is 0 Å². The van der Waals surface area contributed by atoms with Crippen molar-refractivity contribution in [2.45, 2.75) is 5.66 Å². The molecule has 2 aromatic carbocycles. The van der Waals surface area contributed by atoms with Gasteiger partial charge in [0.2, 0.25) is 0 Å². The third-order valence-corrected chi connectivity index (χ3v) is 5.43. The van der Waals surface area contributed by atoms with Crippen LogP contribution >= 0.6 is 20.1 Å². The number of esters is 1. The number of para-hydroxylation sites is 1. The summed E-state index contributed by atoms with van der Waals surface area (Å²) in [5.74, 6) is -0.0944. The molecule has 0 aliphatic rings. The molecule has 26 heavy (non-hydrogen) atoms. The summed E-state index contributed by atoms with van der Waals surface area (Å²) in [6, 6.07) is 14.4. The van der Waals surface area contributed by atoms with Crippen LogP contribution in [0.15, 0.2) is 67.3 Å². The summed E-state index contributed by atoms with van der Waals surface area (Å²) in [5, 5.41) is 0.572. The molecule has 0 spiro atoms. The van der Waals surface area contributed by atoms with Crippen LogP contribution in [0.25, 0.3) is 10.1 Å². The van der Waals surface area contributed by atoms with E-state index in [-0.39, 0.29) is 12.2 Å². The van der Waals surface area contributed by atoms with Crippen LogP contribution in [-0.2, 0) is 10.4 Å². The fourth-order valence-electron chi connectivity index (χ4n) is 2.22. The van der Waals surface area contributed by atoms with E-state index in [0.717, 1.165) is 4.70 Å². The van der Waals surface area contributed by atoms with Crippen molar-refractivity contribution in [3.8, 4) is 5.75 Å². The summed E-state index contributed by atoms with van der Waals surface area (Å²) in [6.45, 7) is 3.58. The molecule has 0 fully saturated rings. The van der Waals surface area contributed by atoms with Gasteiger partial charge >= 0.3 is 11.6 Å². The van der Waals surface area contributed by atoms with E-state index in [4.69, 9.17) is 9.26 Å². The number of alkyl halides is 2. The summed E-state index contributed by atoms with van der Waals surface area (Å²) in [5.41, 5.74) is -3.28. The molecule has 0 aliphatic heterocycles. The van der Waals surface area contributed by atoms with Gasteiger partial charge in [0.05, 0.1) is 0 Å². The number of hydrogen-bond donors (Lipinski definition) is 0. The Labute approximate surface area is 155 Å². The second kappa shape index (κ2) is 7.94. The Hall–Kier alpha value is -2.30. The molecule has 0 amide bonds. The number of carbonyl (C=O) groups is 1. The minimum atomic E-state index is -3.13. The number of thiophene rings is 1. The number of hydrogen-bond acceptors (Lipinski definition) is 4. The van der Waals surface area contributed by atoms with Crippen molar-refractivity contribution in [2.75, 3.05) is 6.61 Å². The smallest absolute Gasteiger partial charge is 0.348 e. The Morgan fingerprint density at radius 3 is 2.69 bits per heavy atom. The van der Waals surface area contributed by atoms with Crippen molar-refractivity contribution in [3.63, 3.8) is 0 Å². The number of benzene rings is 2. The van der Waals surface area contributed by atoms with Crippen LogP contribution in [0.4, 0.5) is 8.78 Å². The van der Waals surface area contributed by atoms with E-state index in [1.165, 1.54) is 29.5 Å². The fraction of sp³-hybridized carbons (Fsp3) is 0.105. The van der Waals surface area contributed by atoms with Crippen molar-refractivity contribution in [1.29, 1.82) is 0 Å². The second-order valence-electron chi connectivity index (χ2n) is 5.34. The molecule has 0 radical (unpaired) electrons. The highest BCUT2D eigenvalue weighted by atomic mass is 32.1. The third kappa shape index (κ3) is 4.26. The molecule has 3 rings (SSSR count). The maximum Gasteiger partial charge on any atom is 0.348 e. The molecule has 134 valence electrons. The van der Waals surface area contributed by atoms with Crippen LogP contribution in [0, 0.1) is 0 Å². The predicted molar refractivity (Wildman–Crippen MR) is 102 cm³/mol. The van der Waals surface area contributed by atoms with Crippen LogP contribution in [0.3, 0.4) is 0 Å². The number of carbonyl (C=O) groups excluding carboxylic acids is 1. The monoisotopic (exact) mass is 392 g/mol. The predicted octanol–water partition coefficient (Wildman–Crippen LogP) is 5.97. The van der Waals surface area contributed by atoms with Crippen LogP contribution in [0.1, 0.15) is 15.2 Å². The highest BCUT2D eigenvalue weighted by Gasteiger charge is 2.34. The Bertz CT molecular complexity index is 925. The summed E-state index contributed by atoms with van der Waals surface area (Å²) in [6.07, 6.45) is 1.47. The van der Waals surface area contributed by atoms with Crippen molar-refractivity contribution < 1.29 is 22.8 Å². The van der Waals surface area contributed by atoms with Gasteiger partial charge in [-0.3, -0.25) is 0 Å². The molecule has 0 N–H and O–H groups in total. The molecule has 0 bridgehead atoms. The van der Waals surface area contributed by atoms with Gasteiger partial charge < -0.3 is 9.26 Å². The number of rotatable bonds is 7. The molecule has 0 aliphatic carbocycles.